The lowest BCUT2D eigenvalue weighted by molar-refractivity contribution is -0.145. The lowest BCUT2D eigenvalue weighted by Gasteiger charge is -1.86. The first-order chi connectivity index (χ1) is 6.93. The van der Waals surface area contributed by atoms with Crippen molar-refractivity contribution in [1.29, 1.82) is 0 Å². The van der Waals surface area contributed by atoms with Crippen LogP contribution in [0.1, 0.15) is 26.7 Å². The first kappa shape index (κ1) is 15.8. The Morgan fingerprint density at radius 2 is 1.80 bits per heavy atom. The van der Waals surface area contributed by atoms with Gasteiger partial charge in [0.15, 0.2) is 0 Å². The predicted octanol–water partition coefficient (Wildman–Crippen LogP) is 1.05. The fourth-order valence-electron chi connectivity index (χ4n) is 0.485. The minimum atomic E-state index is -1.31. The molecule has 0 heterocycles. The van der Waals surface area contributed by atoms with Crippen LogP contribution in [-0.2, 0) is 24.2 Å². The maximum absolute atomic E-state index is 10.3. The molecule has 0 aliphatic rings. The lowest BCUT2D eigenvalue weighted by atomic mass is 10.3. The molecule has 1 radical (unpaired) electrons. The molecular formula is C10H15O5. The Morgan fingerprint density at radius 3 is 2.00 bits per heavy atom. The molecule has 0 atom stereocenters. The van der Waals surface area contributed by atoms with E-state index in [1.54, 1.807) is 6.08 Å². The summed E-state index contributed by atoms with van der Waals surface area (Å²) in [5.41, 5.74) is 0. The molecule has 0 bridgehead atoms. The summed E-state index contributed by atoms with van der Waals surface area (Å²) < 4.78 is 4.33. The molecule has 0 saturated heterocycles. The van der Waals surface area contributed by atoms with Crippen LogP contribution in [0.25, 0.3) is 0 Å². The molecule has 85 valence electrons. The minimum absolute atomic E-state index is 0.285. The van der Waals surface area contributed by atoms with Crippen molar-refractivity contribution in [3.8, 4) is 0 Å². The van der Waals surface area contributed by atoms with Gasteiger partial charge in [-0.15, -0.1) is 0 Å². The highest BCUT2D eigenvalue weighted by Crippen LogP contribution is 1.80. The van der Waals surface area contributed by atoms with Crippen molar-refractivity contribution < 1.29 is 24.2 Å². The number of ketones is 1. The van der Waals surface area contributed by atoms with Gasteiger partial charge in [-0.25, -0.2) is 14.7 Å². The third-order valence-corrected chi connectivity index (χ3v) is 1.08. The molecular weight excluding hydrogens is 200 g/mol. The largest absolute Gasteiger partial charge is 0.466 e. The molecule has 0 fully saturated rings. The number of carbonyl (C=O) groups excluding carboxylic acids is 3. The van der Waals surface area contributed by atoms with E-state index in [-0.39, 0.29) is 11.8 Å². The quantitative estimate of drug-likeness (QED) is 0.398. The Morgan fingerprint density at radius 1 is 1.27 bits per heavy atom. The summed E-state index contributed by atoms with van der Waals surface area (Å²) in [4.78, 5) is 29.6. The van der Waals surface area contributed by atoms with Crippen molar-refractivity contribution in [2.75, 3.05) is 7.11 Å². The molecule has 0 amide bonds. The van der Waals surface area contributed by atoms with Gasteiger partial charge < -0.3 is 4.74 Å². The summed E-state index contributed by atoms with van der Waals surface area (Å²) in [6.07, 6.45) is 3.57. The van der Waals surface area contributed by atoms with E-state index >= 15 is 0 Å². The number of methoxy groups -OCH3 is 1. The molecule has 0 saturated carbocycles. The van der Waals surface area contributed by atoms with Gasteiger partial charge in [-0.1, -0.05) is 13.0 Å². The Bertz CT molecular complexity index is 230. The van der Waals surface area contributed by atoms with Gasteiger partial charge in [0.2, 0.25) is 0 Å². The van der Waals surface area contributed by atoms with E-state index < -0.39 is 12.4 Å². The zero-order chi connectivity index (χ0) is 12.3. The van der Waals surface area contributed by atoms with Gasteiger partial charge in [0.25, 0.3) is 0 Å². The normalized spacial score (nSPS) is 9.00. The van der Waals surface area contributed by atoms with Crippen LogP contribution in [0.4, 0.5) is 0 Å². The van der Waals surface area contributed by atoms with Gasteiger partial charge in [0, 0.05) is 6.08 Å². The minimum Gasteiger partial charge on any atom is -0.466 e. The average molecular weight is 215 g/mol. The lowest BCUT2D eigenvalue weighted by Crippen LogP contribution is -1.99. The zero-order valence-corrected chi connectivity index (χ0v) is 9.11. The number of esters is 1. The third kappa shape index (κ3) is 19.0. The average Bonchev–Trinajstić information content (AvgIpc) is 2.12. The van der Waals surface area contributed by atoms with Crippen LogP contribution in [0.15, 0.2) is 12.2 Å². The summed E-state index contributed by atoms with van der Waals surface area (Å²) in [7, 11) is 1.36. The number of allylic oxidation sites excluding steroid dienone is 1. The van der Waals surface area contributed by atoms with E-state index in [9.17, 15) is 19.5 Å². The molecule has 0 N–H and O–H groups in total. The first-order valence-electron chi connectivity index (χ1n) is 4.37. The van der Waals surface area contributed by atoms with E-state index in [1.807, 2.05) is 6.92 Å². The SMILES string of the molecule is CC(=O)CC([O])=O.CCC=CC(=O)OC. The van der Waals surface area contributed by atoms with Crippen molar-refractivity contribution >= 4 is 17.7 Å². The second-order valence-electron chi connectivity index (χ2n) is 2.58. The summed E-state index contributed by atoms with van der Waals surface area (Å²) in [6.45, 7) is 3.16. The summed E-state index contributed by atoms with van der Waals surface area (Å²) in [5.74, 6) is -1.97. The second kappa shape index (κ2) is 10.4. The number of carbonyl (C=O) groups is 3. The number of ether oxygens (including phenoxy) is 1. The van der Waals surface area contributed by atoms with Crippen LogP contribution in [-0.4, -0.2) is 24.8 Å². The predicted molar refractivity (Wildman–Crippen MR) is 52.4 cm³/mol. The molecule has 0 unspecified atom stereocenters. The highest BCUT2D eigenvalue weighted by atomic mass is 16.5. The molecule has 5 heteroatoms. The summed E-state index contributed by atoms with van der Waals surface area (Å²) >= 11 is 0. The van der Waals surface area contributed by atoms with Crippen LogP contribution in [0, 0.1) is 0 Å². The third-order valence-electron chi connectivity index (χ3n) is 1.08. The Labute approximate surface area is 88.7 Å². The zero-order valence-electron chi connectivity index (χ0n) is 9.11. The van der Waals surface area contributed by atoms with Crippen LogP contribution >= 0.6 is 0 Å². The Hall–Kier alpha value is -1.65. The van der Waals surface area contributed by atoms with Crippen molar-refractivity contribution in [2.24, 2.45) is 0 Å². The van der Waals surface area contributed by atoms with Crippen molar-refractivity contribution in [3.63, 3.8) is 0 Å². The van der Waals surface area contributed by atoms with Crippen molar-refractivity contribution in [3.05, 3.63) is 12.2 Å². The van der Waals surface area contributed by atoms with E-state index in [1.165, 1.54) is 20.1 Å². The van der Waals surface area contributed by atoms with Gasteiger partial charge in [-0.2, -0.15) is 0 Å². The standard InChI is InChI=1S/C6H10O2.C4H5O3/c1-3-4-5-6(7)8-2;1-3(5)2-4(6)7/h4-5H,3H2,1-2H3;2H2,1H3. The summed E-state index contributed by atoms with van der Waals surface area (Å²) in [6, 6.07) is 0. The second-order valence-corrected chi connectivity index (χ2v) is 2.58. The highest BCUT2D eigenvalue weighted by Gasteiger charge is 2.01. The molecule has 0 aliphatic carbocycles. The Balaban J connectivity index is 0. The maximum Gasteiger partial charge on any atom is 0.362 e. The Kier molecular flexibility index (Phi) is 11.0. The van der Waals surface area contributed by atoms with Crippen LogP contribution in [0.3, 0.4) is 0 Å². The molecule has 5 nitrogen and oxygen atoms in total. The monoisotopic (exact) mass is 215 g/mol. The topological polar surface area (TPSA) is 80.3 Å². The number of rotatable bonds is 4. The van der Waals surface area contributed by atoms with Gasteiger partial charge >= 0.3 is 11.9 Å². The van der Waals surface area contributed by atoms with Crippen LogP contribution < -0.4 is 0 Å². The number of hydrogen-bond donors (Lipinski definition) is 0. The van der Waals surface area contributed by atoms with Gasteiger partial charge in [0.1, 0.15) is 12.2 Å². The van der Waals surface area contributed by atoms with Crippen molar-refractivity contribution in [2.45, 2.75) is 26.7 Å². The van der Waals surface area contributed by atoms with Crippen LogP contribution in [0.5, 0.6) is 0 Å². The molecule has 0 aromatic carbocycles. The van der Waals surface area contributed by atoms with Gasteiger partial charge in [-0.05, 0) is 13.3 Å². The smallest absolute Gasteiger partial charge is 0.362 e. The van der Waals surface area contributed by atoms with Crippen molar-refractivity contribution in [1.82, 2.24) is 0 Å². The first-order valence-corrected chi connectivity index (χ1v) is 4.37. The van der Waals surface area contributed by atoms with E-state index in [0.717, 1.165) is 6.42 Å². The molecule has 0 aromatic heterocycles. The van der Waals surface area contributed by atoms with E-state index in [0.29, 0.717) is 0 Å². The summed E-state index contributed by atoms with van der Waals surface area (Å²) in [5, 5.41) is 9.48. The molecule has 15 heavy (non-hydrogen) atoms. The van der Waals surface area contributed by atoms with Gasteiger partial charge in [-0.3, -0.25) is 4.79 Å². The molecule has 0 aromatic rings. The highest BCUT2D eigenvalue weighted by molar-refractivity contribution is 5.92. The fraction of sp³-hybridized carbons (Fsp3) is 0.500. The van der Waals surface area contributed by atoms with Crippen LogP contribution in [0.2, 0.25) is 0 Å². The van der Waals surface area contributed by atoms with E-state index in [2.05, 4.69) is 4.74 Å². The maximum atomic E-state index is 10.3. The van der Waals surface area contributed by atoms with Gasteiger partial charge in [0.05, 0.1) is 7.11 Å². The molecule has 0 rings (SSSR count). The fourth-order valence-corrected chi connectivity index (χ4v) is 0.485. The number of hydrogen-bond acceptors (Lipinski definition) is 4. The molecule has 0 spiro atoms. The van der Waals surface area contributed by atoms with E-state index in [4.69, 9.17) is 0 Å². The molecule has 0 aliphatic heterocycles. The number of Topliss-reactive ketones (excluding diaryl/α,β-unsaturated/α-hetero) is 1.